The number of aromatic nitrogens is 5. The van der Waals surface area contributed by atoms with Crippen molar-refractivity contribution in [3.63, 3.8) is 0 Å². The molecule has 208 valence electrons. The Labute approximate surface area is 246 Å². The number of rotatable bonds is 9. The molecule has 0 bridgehead atoms. The molecule has 0 spiro atoms. The third-order valence-corrected chi connectivity index (χ3v) is 7.06. The van der Waals surface area contributed by atoms with Gasteiger partial charge in [0.15, 0.2) is 5.15 Å². The van der Waals surface area contributed by atoms with Gasteiger partial charge in [0, 0.05) is 16.7 Å². The van der Waals surface area contributed by atoms with Crippen LogP contribution in [0.4, 0.5) is 0 Å². The fourth-order valence-corrected chi connectivity index (χ4v) is 4.91. The molecule has 0 aliphatic rings. The van der Waals surface area contributed by atoms with Gasteiger partial charge < -0.3 is 10.5 Å². The highest BCUT2D eigenvalue weighted by Crippen LogP contribution is 2.30. The summed E-state index contributed by atoms with van der Waals surface area (Å²) >= 11 is 12.3. The van der Waals surface area contributed by atoms with Crippen LogP contribution in [0.3, 0.4) is 0 Å². The van der Waals surface area contributed by atoms with Crippen molar-refractivity contribution in [3.05, 3.63) is 129 Å². The van der Waals surface area contributed by atoms with E-state index in [0.29, 0.717) is 34.0 Å². The van der Waals surface area contributed by atoms with Gasteiger partial charge in [-0.3, -0.25) is 9.36 Å². The molecule has 5 rings (SSSR count). The first-order valence-electron chi connectivity index (χ1n) is 12.9. The number of carbonyl (C=O) groups excluding carboxylic acids is 1. The highest BCUT2D eigenvalue weighted by atomic mass is 35.5. The lowest BCUT2D eigenvalue weighted by Crippen LogP contribution is -2.33. The summed E-state index contributed by atoms with van der Waals surface area (Å²) in [7, 11) is 0. The standard InChI is InChI=1S/C30H26Cl2N6O3/c1-2-41-30(40)21-10-8-20(9-11-21)29(33)26(14-19-6-4-3-5-7-19)37-18-34-24(16-28(37)39)23-15-22(31)12-13-25(23)38-17-27(32)35-36-38/h3-13,15-18,26,29H,2,14,33H2,1H3/t26-,29-/m0/s1. The quantitative estimate of drug-likeness (QED) is 0.227. The normalized spacial score (nSPS) is 12.6. The Kier molecular flexibility index (Phi) is 8.58. The van der Waals surface area contributed by atoms with Crippen molar-refractivity contribution in [2.75, 3.05) is 6.61 Å². The van der Waals surface area contributed by atoms with Gasteiger partial charge in [0.2, 0.25) is 0 Å². The molecule has 3 aromatic carbocycles. The zero-order chi connectivity index (χ0) is 28.9. The zero-order valence-corrected chi connectivity index (χ0v) is 23.5. The smallest absolute Gasteiger partial charge is 0.338 e. The van der Waals surface area contributed by atoms with Gasteiger partial charge in [0.25, 0.3) is 5.56 Å². The van der Waals surface area contributed by atoms with Crippen LogP contribution in [0, 0.1) is 0 Å². The number of hydrogen-bond acceptors (Lipinski definition) is 7. The number of ether oxygens (including phenoxy) is 1. The fourth-order valence-electron chi connectivity index (χ4n) is 4.61. The number of nitrogens with zero attached hydrogens (tertiary/aromatic N) is 5. The number of halogens is 2. The molecular weight excluding hydrogens is 563 g/mol. The molecule has 11 heteroatoms. The number of esters is 1. The molecule has 0 amide bonds. The van der Waals surface area contributed by atoms with Crippen molar-refractivity contribution in [2.24, 2.45) is 5.73 Å². The van der Waals surface area contributed by atoms with Crippen LogP contribution < -0.4 is 11.3 Å². The van der Waals surface area contributed by atoms with E-state index in [1.165, 1.54) is 21.6 Å². The molecule has 0 saturated carbocycles. The Hall–Kier alpha value is -4.31. The first-order valence-corrected chi connectivity index (χ1v) is 13.6. The van der Waals surface area contributed by atoms with E-state index in [1.807, 2.05) is 30.3 Å². The van der Waals surface area contributed by atoms with Gasteiger partial charge in [0.1, 0.15) is 0 Å². The Balaban J connectivity index is 1.53. The molecule has 0 saturated heterocycles. The van der Waals surface area contributed by atoms with Crippen molar-refractivity contribution in [1.82, 2.24) is 24.5 Å². The minimum absolute atomic E-state index is 0.224. The number of benzene rings is 3. The van der Waals surface area contributed by atoms with E-state index in [9.17, 15) is 9.59 Å². The second kappa shape index (κ2) is 12.5. The Morgan fingerprint density at radius 3 is 2.44 bits per heavy atom. The lowest BCUT2D eigenvalue weighted by atomic mass is 9.93. The Morgan fingerprint density at radius 1 is 1.02 bits per heavy atom. The van der Waals surface area contributed by atoms with Crippen LogP contribution >= 0.6 is 23.2 Å². The van der Waals surface area contributed by atoms with E-state index in [0.717, 1.165) is 11.1 Å². The summed E-state index contributed by atoms with van der Waals surface area (Å²) in [5.41, 5.74) is 10.3. The molecule has 0 unspecified atom stereocenters. The summed E-state index contributed by atoms with van der Waals surface area (Å²) in [5.74, 6) is -0.405. The fraction of sp³-hybridized carbons (Fsp3) is 0.167. The van der Waals surface area contributed by atoms with Crippen molar-refractivity contribution in [2.45, 2.75) is 25.4 Å². The summed E-state index contributed by atoms with van der Waals surface area (Å²) < 4.78 is 8.12. The van der Waals surface area contributed by atoms with Gasteiger partial charge in [-0.25, -0.2) is 14.5 Å². The number of hydrogen-bond donors (Lipinski definition) is 1. The molecule has 2 heterocycles. The molecule has 41 heavy (non-hydrogen) atoms. The molecular formula is C30H26Cl2N6O3. The predicted octanol–water partition coefficient (Wildman–Crippen LogP) is 5.46. The van der Waals surface area contributed by atoms with Crippen LogP contribution in [-0.2, 0) is 11.2 Å². The molecule has 9 nitrogen and oxygen atoms in total. The molecule has 0 aliphatic carbocycles. The molecule has 0 aliphatic heterocycles. The van der Waals surface area contributed by atoms with Crippen molar-refractivity contribution < 1.29 is 9.53 Å². The molecule has 0 fully saturated rings. The molecule has 2 atom stereocenters. The molecule has 0 radical (unpaired) electrons. The highest BCUT2D eigenvalue weighted by molar-refractivity contribution is 6.31. The van der Waals surface area contributed by atoms with Gasteiger partial charge in [0.05, 0.1) is 48.2 Å². The van der Waals surface area contributed by atoms with E-state index < -0.39 is 18.1 Å². The van der Waals surface area contributed by atoms with Crippen LogP contribution in [0.5, 0.6) is 0 Å². The van der Waals surface area contributed by atoms with Gasteiger partial charge in [-0.15, -0.1) is 5.10 Å². The summed E-state index contributed by atoms with van der Waals surface area (Å²) in [4.78, 5) is 30.4. The molecule has 2 N–H and O–H groups in total. The van der Waals surface area contributed by atoms with E-state index in [4.69, 9.17) is 33.7 Å². The summed E-state index contributed by atoms with van der Waals surface area (Å²) in [6, 6.07) is 22.2. The average Bonchev–Trinajstić information content (AvgIpc) is 3.42. The maximum Gasteiger partial charge on any atom is 0.338 e. The lowest BCUT2D eigenvalue weighted by Gasteiger charge is -2.27. The van der Waals surface area contributed by atoms with Gasteiger partial charge in [-0.05, 0) is 54.8 Å². The topological polar surface area (TPSA) is 118 Å². The number of nitrogens with two attached hydrogens (primary N) is 1. The predicted molar refractivity (Wildman–Crippen MR) is 157 cm³/mol. The highest BCUT2D eigenvalue weighted by Gasteiger charge is 2.24. The first kappa shape index (κ1) is 28.2. The van der Waals surface area contributed by atoms with Crippen LogP contribution in [-0.4, -0.2) is 37.1 Å². The van der Waals surface area contributed by atoms with Crippen LogP contribution in [0.15, 0.2) is 96.2 Å². The second-order valence-corrected chi connectivity index (χ2v) is 10.1. The minimum Gasteiger partial charge on any atom is -0.462 e. The lowest BCUT2D eigenvalue weighted by molar-refractivity contribution is 0.0526. The SMILES string of the molecule is CCOC(=O)c1ccc([C@H](N)[C@H](Cc2ccccc2)n2cnc(-c3cc(Cl)ccc3-n3cc(Cl)nn3)cc2=O)cc1. The van der Waals surface area contributed by atoms with E-state index in [-0.39, 0.29) is 17.3 Å². The Bertz CT molecular complexity index is 1720. The van der Waals surface area contributed by atoms with Crippen molar-refractivity contribution in [3.8, 4) is 16.9 Å². The van der Waals surface area contributed by atoms with Gasteiger partial charge in [-0.1, -0.05) is 70.9 Å². The van der Waals surface area contributed by atoms with E-state index in [1.54, 1.807) is 55.6 Å². The van der Waals surface area contributed by atoms with Crippen LogP contribution in [0.2, 0.25) is 10.2 Å². The number of carbonyl (C=O) groups is 1. The third kappa shape index (κ3) is 6.38. The van der Waals surface area contributed by atoms with Crippen LogP contribution in [0.1, 0.15) is 40.5 Å². The molecule has 2 aromatic heterocycles. The second-order valence-electron chi connectivity index (χ2n) is 9.29. The van der Waals surface area contributed by atoms with E-state index >= 15 is 0 Å². The summed E-state index contributed by atoms with van der Waals surface area (Å²) in [5, 5.41) is 8.57. The Morgan fingerprint density at radius 2 is 1.78 bits per heavy atom. The van der Waals surface area contributed by atoms with Gasteiger partial charge >= 0.3 is 5.97 Å². The minimum atomic E-state index is -0.587. The zero-order valence-electron chi connectivity index (χ0n) is 22.0. The maximum atomic E-state index is 13.7. The summed E-state index contributed by atoms with van der Waals surface area (Å²) in [6.07, 6.45) is 3.53. The van der Waals surface area contributed by atoms with Crippen molar-refractivity contribution in [1.29, 1.82) is 0 Å². The van der Waals surface area contributed by atoms with E-state index in [2.05, 4.69) is 15.3 Å². The molecule has 5 aromatic rings. The first-order chi connectivity index (χ1) is 19.8. The summed E-state index contributed by atoms with van der Waals surface area (Å²) in [6.45, 7) is 2.04. The van der Waals surface area contributed by atoms with Gasteiger partial charge in [-0.2, -0.15) is 0 Å². The van der Waals surface area contributed by atoms with Crippen LogP contribution in [0.25, 0.3) is 16.9 Å². The maximum absolute atomic E-state index is 13.7. The monoisotopic (exact) mass is 588 g/mol. The largest absolute Gasteiger partial charge is 0.462 e. The van der Waals surface area contributed by atoms with Crippen molar-refractivity contribution >= 4 is 29.2 Å². The average molecular weight is 589 g/mol. The third-order valence-electron chi connectivity index (χ3n) is 6.65.